The van der Waals surface area contributed by atoms with E-state index in [2.05, 4.69) is 27.9 Å². The van der Waals surface area contributed by atoms with Crippen LogP contribution in [0.25, 0.3) is 0 Å². The summed E-state index contributed by atoms with van der Waals surface area (Å²) in [6, 6.07) is 11.8. The topological polar surface area (TPSA) is 58.6 Å². The minimum atomic E-state index is -0.708. The summed E-state index contributed by atoms with van der Waals surface area (Å²) in [7, 11) is 0. The van der Waals surface area contributed by atoms with Gasteiger partial charge in [-0.05, 0) is 72.8 Å². The second-order valence-electron chi connectivity index (χ2n) is 6.04. The van der Waals surface area contributed by atoms with Gasteiger partial charge in [-0.25, -0.2) is 0 Å². The van der Waals surface area contributed by atoms with Crippen molar-refractivity contribution in [2.45, 2.75) is 26.4 Å². The lowest BCUT2D eigenvalue weighted by molar-refractivity contribution is -0.142. The van der Waals surface area contributed by atoms with Gasteiger partial charge in [-0.1, -0.05) is 29.3 Å². The van der Waals surface area contributed by atoms with Gasteiger partial charge in [0.15, 0.2) is 6.61 Å². The highest BCUT2D eigenvalue weighted by Gasteiger charge is 2.27. The van der Waals surface area contributed by atoms with Crippen molar-refractivity contribution in [3.05, 3.63) is 61.6 Å². The molecule has 2 rings (SSSR count). The number of amides is 2. The Morgan fingerprint density at radius 3 is 2.32 bits per heavy atom. The van der Waals surface area contributed by atoms with E-state index in [1.165, 1.54) is 4.90 Å². The largest absolute Gasteiger partial charge is 0.484 e. The third-order valence-corrected chi connectivity index (χ3v) is 5.51. The van der Waals surface area contributed by atoms with Gasteiger partial charge in [-0.2, -0.15) is 0 Å². The van der Waals surface area contributed by atoms with Crippen LogP contribution >= 0.6 is 45.8 Å². The first-order valence-electron chi connectivity index (χ1n) is 8.72. The number of carbonyl (C=O) groups is 2. The van der Waals surface area contributed by atoms with Crippen LogP contribution in [0.2, 0.25) is 10.0 Å². The summed E-state index contributed by atoms with van der Waals surface area (Å²) < 4.78 is 6.67. The molecule has 0 saturated carbocycles. The molecular weight excluding hydrogens is 514 g/mol. The van der Waals surface area contributed by atoms with Crippen LogP contribution in [0.4, 0.5) is 0 Å². The van der Waals surface area contributed by atoms with Crippen LogP contribution in [0, 0.1) is 3.57 Å². The lowest BCUT2D eigenvalue weighted by atomic mass is 10.1. The zero-order valence-corrected chi connectivity index (χ0v) is 19.2. The van der Waals surface area contributed by atoms with Crippen molar-refractivity contribution in [3.8, 4) is 5.75 Å². The first-order chi connectivity index (χ1) is 13.3. The highest BCUT2D eigenvalue weighted by molar-refractivity contribution is 14.1. The van der Waals surface area contributed by atoms with Crippen LogP contribution in [0.15, 0.2) is 42.5 Å². The second kappa shape index (κ2) is 10.9. The number of nitrogens with zero attached hydrogens (tertiary/aromatic N) is 1. The predicted octanol–water partition coefficient (Wildman–Crippen LogP) is 4.53. The van der Waals surface area contributed by atoms with Crippen molar-refractivity contribution in [3.63, 3.8) is 0 Å². The summed E-state index contributed by atoms with van der Waals surface area (Å²) in [6.45, 7) is 3.86. The Hall–Kier alpha value is -1.51. The molecule has 28 heavy (non-hydrogen) atoms. The highest BCUT2D eigenvalue weighted by Crippen LogP contribution is 2.26. The monoisotopic (exact) mass is 534 g/mol. The smallest absolute Gasteiger partial charge is 0.261 e. The minimum absolute atomic E-state index is 0.103. The lowest BCUT2D eigenvalue weighted by Crippen LogP contribution is -2.49. The number of nitrogens with one attached hydrogen (secondary N) is 1. The van der Waals surface area contributed by atoms with Crippen molar-refractivity contribution in [2.24, 2.45) is 0 Å². The average Bonchev–Trinajstić information content (AvgIpc) is 2.67. The van der Waals surface area contributed by atoms with E-state index >= 15 is 0 Å². The summed E-state index contributed by atoms with van der Waals surface area (Å²) in [5.74, 6) is -0.0169. The lowest BCUT2D eigenvalue weighted by Gasteiger charge is -2.29. The predicted molar refractivity (Wildman–Crippen MR) is 120 cm³/mol. The molecular formula is C20H21Cl2IN2O3. The zero-order chi connectivity index (χ0) is 20.7. The van der Waals surface area contributed by atoms with Crippen LogP contribution in [-0.4, -0.2) is 35.9 Å². The van der Waals surface area contributed by atoms with E-state index in [1.807, 2.05) is 19.1 Å². The number of carbonyl (C=O) groups excluding carboxylic acids is 2. The maximum absolute atomic E-state index is 12.9. The van der Waals surface area contributed by atoms with Crippen molar-refractivity contribution in [1.29, 1.82) is 0 Å². The van der Waals surface area contributed by atoms with Gasteiger partial charge >= 0.3 is 0 Å². The fourth-order valence-corrected chi connectivity index (χ4v) is 3.39. The van der Waals surface area contributed by atoms with Gasteiger partial charge in [-0.3, -0.25) is 9.59 Å². The normalized spacial score (nSPS) is 11.6. The SMILES string of the molecule is CCNC(=O)[C@@H](C)N(Cc1c(Cl)cccc1Cl)C(=O)COc1ccc(I)cc1. The number of hydrogen-bond acceptors (Lipinski definition) is 3. The first-order valence-corrected chi connectivity index (χ1v) is 10.5. The van der Waals surface area contributed by atoms with Crippen LogP contribution in [-0.2, 0) is 16.1 Å². The van der Waals surface area contributed by atoms with Gasteiger partial charge in [0.2, 0.25) is 5.91 Å². The fraction of sp³-hybridized carbons (Fsp3) is 0.300. The molecule has 1 N–H and O–H groups in total. The maximum Gasteiger partial charge on any atom is 0.261 e. The van der Waals surface area contributed by atoms with E-state index in [0.29, 0.717) is 27.9 Å². The molecule has 0 bridgehead atoms. The Balaban J connectivity index is 2.20. The third-order valence-electron chi connectivity index (χ3n) is 4.08. The molecule has 2 amide bonds. The summed E-state index contributed by atoms with van der Waals surface area (Å²) >= 11 is 14.7. The third kappa shape index (κ3) is 6.25. The van der Waals surface area contributed by atoms with Crippen LogP contribution in [0.5, 0.6) is 5.75 Å². The summed E-state index contributed by atoms with van der Waals surface area (Å²) in [6.07, 6.45) is 0. The molecule has 5 nitrogen and oxygen atoms in total. The summed E-state index contributed by atoms with van der Waals surface area (Å²) in [5, 5.41) is 3.61. The molecule has 2 aromatic carbocycles. The van der Waals surface area contributed by atoms with Gasteiger partial charge < -0.3 is 15.0 Å². The second-order valence-corrected chi connectivity index (χ2v) is 8.10. The zero-order valence-electron chi connectivity index (χ0n) is 15.5. The molecule has 0 fully saturated rings. The Morgan fingerprint density at radius 2 is 1.75 bits per heavy atom. The Labute approximate surface area is 188 Å². The van der Waals surface area contributed by atoms with Gasteiger partial charge in [0.25, 0.3) is 5.91 Å². The molecule has 150 valence electrons. The summed E-state index contributed by atoms with van der Waals surface area (Å²) in [4.78, 5) is 26.7. The Bertz CT molecular complexity index is 810. The van der Waals surface area contributed by atoms with Crippen molar-refractivity contribution < 1.29 is 14.3 Å². The molecule has 0 unspecified atom stereocenters. The van der Waals surface area contributed by atoms with Crippen LogP contribution in [0.3, 0.4) is 0 Å². The Kier molecular flexibility index (Phi) is 8.85. The van der Waals surface area contributed by atoms with E-state index in [-0.39, 0.29) is 25.0 Å². The molecule has 0 aliphatic heterocycles. The quantitative estimate of drug-likeness (QED) is 0.506. The van der Waals surface area contributed by atoms with Gasteiger partial charge in [0.1, 0.15) is 11.8 Å². The number of ether oxygens (including phenoxy) is 1. The molecule has 8 heteroatoms. The first kappa shape index (κ1) is 22.8. The van der Waals surface area contributed by atoms with Crippen molar-refractivity contribution >= 4 is 57.6 Å². The number of benzene rings is 2. The standard InChI is InChI=1S/C20H21Cl2IN2O3/c1-3-24-20(27)13(2)25(11-16-17(21)5-4-6-18(16)22)19(26)12-28-15-9-7-14(23)8-10-15/h4-10,13H,3,11-12H2,1-2H3,(H,24,27)/t13-/m1/s1. The molecule has 0 aliphatic rings. The van der Waals surface area contributed by atoms with E-state index in [9.17, 15) is 9.59 Å². The van der Waals surface area contributed by atoms with E-state index in [0.717, 1.165) is 3.57 Å². The van der Waals surface area contributed by atoms with Crippen LogP contribution < -0.4 is 10.1 Å². The average molecular weight is 535 g/mol. The fourth-order valence-electron chi connectivity index (χ4n) is 2.52. The van der Waals surface area contributed by atoms with Gasteiger partial charge in [0, 0.05) is 32.3 Å². The molecule has 0 saturated heterocycles. The molecule has 1 atom stereocenters. The number of halogens is 3. The van der Waals surface area contributed by atoms with Crippen molar-refractivity contribution in [1.82, 2.24) is 10.2 Å². The highest BCUT2D eigenvalue weighted by atomic mass is 127. The molecule has 0 spiro atoms. The molecule has 0 heterocycles. The van der Waals surface area contributed by atoms with Crippen LogP contribution in [0.1, 0.15) is 19.4 Å². The minimum Gasteiger partial charge on any atom is -0.484 e. The Morgan fingerprint density at radius 1 is 1.14 bits per heavy atom. The number of hydrogen-bond donors (Lipinski definition) is 1. The van der Waals surface area contributed by atoms with Crippen molar-refractivity contribution in [2.75, 3.05) is 13.2 Å². The summed E-state index contributed by atoms with van der Waals surface area (Å²) in [5.41, 5.74) is 0.588. The maximum atomic E-state index is 12.9. The van der Waals surface area contributed by atoms with E-state index in [4.69, 9.17) is 27.9 Å². The molecule has 0 aliphatic carbocycles. The van der Waals surface area contributed by atoms with E-state index in [1.54, 1.807) is 37.3 Å². The number of rotatable bonds is 8. The van der Waals surface area contributed by atoms with Gasteiger partial charge in [0.05, 0.1) is 0 Å². The molecule has 0 radical (unpaired) electrons. The molecule has 0 aromatic heterocycles. The van der Waals surface area contributed by atoms with Gasteiger partial charge in [-0.15, -0.1) is 0 Å². The van der Waals surface area contributed by atoms with E-state index < -0.39 is 6.04 Å². The number of likely N-dealkylation sites (N-methyl/N-ethyl adjacent to an activating group) is 1. The molecule has 2 aromatic rings.